The Hall–Kier alpha value is -1.24. The first kappa shape index (κ1) is 9.85. The summed E-state index contributed by atoms with van der Waals surface area (Å²) in [4.78, 5) is 0. The van der Waals surface area contributed by atoms with Crippen molar-refractivity contribution < 1.29 is 4.39 Å². The summed E-state index contributed by atoms with van der Waals surface area (Å²) < 4.78 is 3.97. The van der Waals surface area contributed by atoms with Gasteiger partial charge in [-0.1, -0.05) is 16.8 Å². The fourth-order valence-corrected chi connectivity index (χ4v) is 0.995. The largest absolute Gasteiger partial charge is 0.277 e. The second-order valence-electron chi connectivity index (χ2n) is 2.15. The van der Waals surface area contributed by atoms with Gasteiger partial charge in [0, 0.05) is 10.6 Å². The van der Waals surface area contributed by atoms with Crippen LogP contribution in [0.5, 0.6) is 0 Å². The van der Waals surface area contributed by atoms with Crippen LogP contribution < -0.4 is 0 Å². The van der Waals surface area contributed by atoms with Crippen LogP contribution in [0.2, 0.25) is 5.02 Å². The Labute approximate surface area is 85.3 Å². The van der Waals surface area contributed by atoms with E-state index in [-0.39, 0.29) is 0 Å². The molecule has 1 aromatic carbocycles. The van der Waals surface area contributed by atoms with E-state index in [2.05, 4.69) is 9.55 Å². The molecule has 0 spiro atoms. The summed E-state index contributed by atoms with van der Waals surface area (Å²) in [6.45, 7) is 0. The van der Waals surface area contributed by atoms with E-state index in [4.69, 9.17) is 28.7 Å². The summed E-state index contributed by atoms with van der Waals surface area (Å²) in [6.07, 6.45) is 1.33. The molecule has 0 fully saturated rings. The maximum atomic E-state index is 8.58. The van der Waals surface area contributed by atoms with Gasteiger partial charge in [0.25, 0.3) is 0 Å². The minimum Gasteiger partial charge on any atom is -0.277 e. The van der Waals surface area contributed by atoms with Crippen molar-refractivity contribution >= 4 is 29.7 Å². The fraction of sp³-hybridized carbons (Fsp3) is 0. The molecule has 0 unspecified atom stereocenters. The molecule has 0 saturated carbocycles. The minimum absolute atomic E-state index is 0.483. The standard InChI is InChI=1S/C8H4Cl2N2O/c9-8-2-1-6(4-11)3-7(8)5-12-13-10/h1-3,5H. The Morgan fingerprint density at radius 3 is 2.92 bits per heavy atom. The van der Waals surface area contributed by atoms with Gasteiger partial charge < -0.3 is 0 Å². The van der Waals surface area contributed by atoms with Crippen LogP contribution in [0.3, 0.4) is 0 Å². The first-order chi connectivity index (χ1) is 6.27. The fourth-order valence-electron chi connectivity index (χ4n) is 0.789. The van der Waals surface area contributed by atoms with Crippen molar-refractivity contribution in [1.82, 2.24) is 0 Å². The van der Waals surface area contributed by atoms with Crippen molar-refractivity contribution in [2.75, 3.05) is 0 Å². The van der Waals surface area contributed by atoms with E-state index in [1.54, 1.807) is 18.2 Å². The van der Waals surface area contributed by atoms with Gasteiger partial charge in [-0.05, 0) is 18.2 Å². The van der Waals surface area contributed by atoms with Crippen LogP contribution in [0, 0.1) is 11.3 Å². The summed E-state index contributed by atoms with van der Waals surface area (Å²) >= 11 is 10.7. The van der Waals surface area contributed by atoms with Gasteiger partial charge in [-0.15, -0.1) is 0 Å². The highest BCUT2D eigenvalue weighted by Crippen LogP contribution is 2.15. The van der Waals surface area contributed by atoms with Crippen LogP contribution in [-0.2, 0) is 4.39 Å². The lowest BCUT2D eigenvalue weighted by Crippen LogP contribution is -1.85. The van der Waals surface area contributed by atoms with Gasteiger partial charge in [0.15, 0.2) is 11.9 Å². The van der Waals surface area contributed by atoms with Gasteiger partial charge in [-0.25, -0.2) is 0 Å². The van der Waals surface area contributed by atoms with Gasteiger partial charge in [-0.3, -0.25) is 4.39 Å². The molecule has 0 aliphatic heterocycles. The molecular weight excluding hydrogens is 211 g/mol. The van der Waals surface area contributed by atoms with Gasteiger partial charge in [0.05, 0.1) is 17.8 Å². The molecule has 0 aromatic heterocycles. The predicted octanol–water partition coefficient (Wildman–Crippen LogP) is 2.72. The van der Waals surface area contributed by atoms with Crippen LogP contribution in [0.25, 0.3) is 0 Å². The highest BCUT2D eigenvalue weighted by atomic mass is 35.5. The maximum absolute atomic E-state index is 8.58. The number of halogens is 2. The predicted molar refractivity (Wildman–Crippen MR) is 50.7 cm³/mol. The molecule has 0 amide bonds. The van der Waals surface area contributed by atoms with Crippen LogP contribution in [-0.4, -0.2) is 6.21 Å². The van der Waals surface area contributed by atoms with E-state index in [0.717, 1.165) is 0 Å². The number of hydrogen-bond donors (Lipinski definition) is 0. The molecule has 5 heteroatoms. The third-order valence-corrected chi connectivity index (χ3v) is 1.78. The molecule has 0 aliphatic carbocycles. The quantitative estimate of drug-likeness (QED) is 0.562. The molecule has 66 valence electrons. The summed E-state index contributed by atoms with van der Waals surface area (Å²) in [7, 11) is 0. The third-order valence-electron chi connectivity index (χ3n) is 1.36. The Bertz CT molecular complexity index is 371. The number of rotatable bonds is 2. The number of nitrogens with zero attached hydrogens (tertiary/aromatic N) is 2. The molecule has 13 heavy (non-hydrogen) atoms. The molecule has 0 N–H and O–H groups in total. The number of hydrogen-bond acceptors (Lipinski definition) is 3. The van der Waals surface area contributed by atoms with Gasteiger partial charge in [0.2, 0.25) is 0 Å². The van der Waals surface area contributed by atoms with Crippen LogP contribution in [0.15, 0.2) is 23.4 Å². The zero-order valence-corrected chi connectivity index (χ0v) is 7.88. The lowest BCUT2D eigenvalue weighted by molar-refractivity contribution is 0.383. The highest BCUT2D eigenvalue weighted by Gasteiger charge is 1.98. The minimum atomic E-state index is 0.483. The summed E-state index contributed by atoms with van der Waals surface area (Å²) in [5, 5.41) is 12.4. The molecule has 0 aliphatic rings. The van der Waals surface area contributed by atoms with Crippen LogP contribution in [0.1, 0.15) is 11.1 Å². The zero-order chi connectivity index (χ0) is 9.68. The van der Waals surface area contributed by atoms with E-state index in [0.29, 0.717) is 16.1 Å². The van der Waals surface area contributed by atoms with Crippen LogP contribution in [0.4, 0.5) is 0 Å². The van der Waals surface area contributed by atoms with Gasteiger partial charge in [0.1, 0.15) is 0 Å². The maximum Gasteiger partial charge on any atom is 0.167 e. The summed E-state index contributed by atoms with van der Waals surface area (Å²) in [5.74, 6) is 0. The number of oxime groups is 1. The zero-order valence-electron chi connectivity index (χ0n) is 6.37. The first-order valence-electron chi connectivity index (χ1n) is 3.28. The second kappa shape index (κ2) is 4.70. The molecule has 0 saturated heterocycles. The first-order valence-corrected chi connectivity index (χ1v) is 3.97. The number of nitriles is 1. The highest BCUT2D eigenvalue weighted by molar-refractivity contribution is 6.33. The van der Waals surface area contributed by atoms with E-state index >= 15 is 0 Å². The molecular formula is C8H4Cl2N2O. The van der Waals surface area contributed by atoms with E-state index in [1.165, 1.54) is 6.21 Å². The summed E-state index contributed by atoms with van der Waals surface area (Å²) in [5.41, 5.74) is 1.08. The van der Waals surface area contributed by atoms with Crippen molar-refractivity contribution in [2.24, 2.45) is 5.16 Å². The average molecular weight is 215 g/mol. The molecule has 1 rings (SSSR count). The molecule has 0 atom stereocenters. The molecule has 0 radical (unpaired) electrons. The monoisotopic (exact) mass is 214 g/mol. The molecule has 0 bridgehead atoms. The molecule has 1 aromatic rings. The molecule has 0 heterocycles. The average Bonchev–Trinajstić information content (AvgIpc) is 2.17. The van der Waals surface area contributed by atoms with Gasteiger partial charge >= 0.3 is 0 Å². The van der Waals surface area contributed by atoms with Gasteiger partial charge in [-0.2, -0.15) is 5.26 Å². The summed E-state index contributed by atoms with van der Waals surface area (Å²) in [6, 6.07) is 6.78. The Balaban J connectivity index is 3.06. The lowest BCUT2D eigenvalue weighted by atomic mass is 10.1. The number of benzene rings is 1. The lowest BCUT2D eigenvalue weighted by Gasteiger charge is -1.96. The van der Waals surface area contributed by atoms with Crippen molar-refractivity contribution in [3.05, 3.63) is 34.3 Å². The second-order valence-corrected chi connectivity index (χ2v) is 2.70. The Morgan fingerprint density at radius 1 is 1.54 bits per heavy atom. The Kier molecular flexibility index (Phi) is 3.56. The SMILES string of the molecule is N#Cc1ccc(Cl)c(C=NOCl)c1. The van der Waals surface area contributed by atoms with Crippen molar-refractivity contribution in [3.63, 3.8) is 0 Å². The molecule has 3 nitrogen and oxygen atoms in total. The topological polar surface area (TPSA) is 45.4 Å². The van der Waals surface area contributed by atoms with Crippen molar-refractivity contribution in [2.45, 2.75) is 0 Å². The van der Waals surface area contributed by atoms with Crippen molar-refractivity contribution in [1.29, 1.82) is 5.26 Å². The van der Waals surface area contributed by atoms with E-state index < -0.39 is 0 Å². The van der Waals surface area contributed by atoms with E-state index in [1.807, 2.05) is 6.07 Å². The van der Waals surface area contributed by atoms with Crippen molar-refractivity contribution in [3.8, 4) is 6.07 Å². The normalized spacial score (nSPS) is 9.92. The smallest absolute Gasteiger partial charge is 0.167 e. The Morgan fingerprint density at radius 2 is 2.31 bits per heavy atom. The van der Waals surface area contributed by atoms with E-state index in [9.17, 15) is 0 Å². The third kappa shape index (κ3) is 2.62. The van der Waals surface area contributed by atoms with Crippen LogP contribution >= 0.6 is 23.5 Å².